The molecule has 0 saturated carbocycles. The average Bonchev–Trinajstić information content (AvgIpc) is 3.09. The molecule has 0 aromatic carbocycles. The Morgan fingerprint density at radius 3 is 3.05 bits per heavy atom. The van der Waals surface area contributed by atoms with Crippen molar-refractivity contribution in [1.29, 1.82) is 0 Å². The Bertz CT molecular complexity index is 584. The van der Waals surface area contributed by atoms with Gasteiger partial charge in [0.1, 0.15) is 0 Å². The van der Waals surface area contributed by atoms with E-state index in [9.17, 15) is 0 Å². The molecule has 22 heavy (non-hydrogen) atoms. The van der Waals surface area contributed by atoms with Crippen molar-refractivity contribution in [1.82, 2.24) is 15.0 Å². The van der Waals surface area contributed by atoms with E-state index in [-0.39, 0.29) is 0 Å². The maximum Gasteiger partial charge on any atom is 0.225 e. The number of hydrogen-bond donors (Lipinski definition) is 0. The van der Waals surface area contributed by atoms with Crippen LogP contribution in [-0.4, -0.2) is 41.3 Å². The normalized spacial score (nSPS) is 17.6. The minimum atomic E-state index is 0.455. The minimum absolute atomic E-state index is 0.455. The van der Waals surface area contributed by atoms with E-state index in [1.54, 1.807) is 12.4 Å². The lowest BCUT2D eigenvalue weighted by atomic mass is 10.1. The topological polar surface area (TPSA) is 51.1 Å². The summed E-state index contributed by atoms with van der Waals surface area (Å²) in [4.78, 5) is 15.3. The monoisotopic (exact) mass is 298 g/mol. The summed E-state index contributed by atoms with van der Waals surface area (Å²) in [5.74, 6) is 0.758. The molecular formula is C17H22N4O. The molecule has 0 radical (unpaired) electrons. The van der Waals surface area contributed by atoms with Gasteiger partial charge in [-0.15, -0.1) is 0 Å². The first kappa shape index (κ1) is 14.9. The Morgan fingerprint density at radius 2 is 2.27 bits per heavy atom. The second kappa shape index (κ2) is 7.31. The van der Waals surface area contributed by atoms with Crippen molar-refractivity contribution in [3.05, 3.63) is 36.8 Å². The zero-order valence-corrected chi connectivity index (χ0v) is 13.0. The molecule has 2 aromatic rings. The van der Waals surface area contributed by atoms with Gasteiger partial charge in [-0.2, -0.15) is 0 Å². The summed E-state index contributed by atoms with van der Waals surface area (Å²) in [5.41, 5.74) is 1.92. The number of aromatic nitrogens is 3. The highest BCUT2D eigenvalue weighted by Crippen LogP contribution is 2.19. The summed E-state index contributed by atoms with van der Waals surface area (Å²) in [5, 5.41) is 0. The lowest BCUT2D eigenvalue weighted by Gasteiger charge is -2.18. The molecule has 1 aliphatic rings. The third kappa shape index (κ3) is 3.80. The number of ether oxygens (including phenoxy) is 1. The van der Waals surface area contributed by atoms with Crippen molar-refractivity contribution in [2.75, 3.05) is 25.1 Å². The van der Waals surface area contributed by atoms with Gasteiger partial charge in [0.15, 0.2) is 0 Å². The number of nitrogens with zero attached hydrogens (tertiary/aromatic N) is 4. The maximum atomic E-state index is 5.66. The highest BCUT2D eigenvalue weighted by atomic mass is 16.5. The molecule has 5 heteroatoms. The van der Waals surface area contributed by atoms with E-state index in [0.717, 1.165) is 43.2 Å². The van der Waals surface area contributed by atoms with Crippen molar-refractivity contribution in [3.8, 4) is 11.3 Å². The number of pyridine rings is 1. The van der Waals surface area contributed by atoms with Gasteiger partial charge in [-0.1, -0.05) is 0 Å². The zero-order valence-electron chi connectivity index (χ0n) is 13.0. The van der Waals surface area contributed by atoms with E-state index in [0.29, 0.717) is 6.10 Å². The molecule has 3 rings (SSSR count). The van der Waals surface area contributed by atoms with Crippen LogP contribution in [0.15, 0.2) is 36.8 Å². The van der Waals surface area contributed by atoms with Crippen molar-refractivity contribution in [2.24, 2.45) is 0 Å². The lowest BCUT2D eigenvalue weighted by Crippen LogP contribution is -2.22. The number of rotatable bonds is 6. The molecule has 3 heterocycles. The van der Waals surface area contributed by atoms with Crippen molar-refractivity contribution < 1.29 is 4.74 Å². The minimum Gasteiger partial charge on any atom is -0.378 e. The van der Waals surface area contributed by atoms with E-state index in [4.69, 9.17) is 4.74 Å². The first-order valence-electron chi connectivity index (χ1n) is 7.89. The summed E-state index contributed by atoms with van der Waals surface area (Å²) in [6, 6.07) is 5.85. The summed E-state index contributed by atoms with van der Waals surface area (Å²) < 4.78 is 5.66. The van der Waals surface area contributed by atoms with Crippen LogP contribution in [0.2, 0.25) is 0 Å². The Hall–Kier alpha value is -2.01. The summed E-state index contributed by atoms with van der Waals surface area (Å²) in [6.45, 7) is 1.87. The second-order valence-corrected chi connectivity index (χ2v) is 5.68. The predicted molar refractivity (Wildman–Crippen MR) is 86.7 cm³/mol. The fourth-order valence-corrected chi connectivity index (χ4v) is 2.74. The molecule has 1 saturated heterocycles. The third-order valence-electron chi connectivity index (χ3n) is 3.99. The standard InChI is InChI=1S/C17H22N4O/c1-21(11-3-6-15-7-4-12-22-15)17-19-10-8-16(20-17)14-5-2-9-18-13-14/h2,5,8-10,13,15H,3-4,6-7,11-12H2,1H3/t15-/m1/s1. The SMILES string of the molecule is CN(CCC[C@@H]1CCCO1)c1nccc(-c2cccnc2)n1. The van der Waals surface area contributed by atoms with Crippen LogP contribution in [0.4, 0.5) is 5.95 Å². The van der Waals surface area contributed by atoms with E-state index < -0.39 is 0 Å². The molecule has 0 bridgehead atoms. The van der Waals surface area contributed by atoms with Crippen LogP contribution >= 0.6 is 0 Å². The molecule has 1 fully saturated rings. The molecule has 1 atom stereocenters. The maximum absolute atomic E-state index is 5.66. The van der Waals surface area contributed by atoms with Crippen LogP contribution in [0.25, 0.3) is 11.3 Å². The summed E-state index contributed by atoms with van der Waals surface area (Å²) in [7, 11) is 2.04. The van der Waals surface area contributed by atoms with Crippen LogP contribution in [0, 0.1) is 0 Å². The van der Waals surface area contributed by atoms with Crippen LogP contribution < -0.4 is 4.90 Å². The van der Waals surface area contributed by atoms with Crippen molar-refractivity contribution in [3.63, 3.8) is 0 Å². The molecule has 0 amide bonds. The molecule has 0 N–H and O–H groups in total. The van der Waals surface area contributed by atoms with Crippen LogP contribution in [0.5, 0.6) is 0 Å². The van der Waals surface area contributed by atoms with Gasteiger partial charge < -0.3 is 9.64 Å². The third-order valence-corrected chi connectivity index (χ3v) is 3.99. The average molecular weight is 298 g/mol. The molecule has 0 spiro atoms. The quantitative estimate of drug-likeness (QED) is 0.820. The smallest absolute Gasteiger partial charge is 0.225 e. The van der Waals surface area contributed by atoms with E-state index in [1.165, 1.54) is 12.8 Å². The number of anilines is 1. The van der Waals surface area contributed by atoms with Gasteiger partial charge in [-0.25, -0.2) is 9.97 Å². The molecule has 5 nitrogen and oxygen atoms in total. The van der Waals surface area contributed by atoms with Gasteiger partial charge in [-0.05, 0) is 43.9 Å². The summed E-state index contributed by atoms with van der Waals surface area (Å²) >= 11 is 0. The molecule has 2 aromatic heterocycles. The zero-order chi connectivity index (χ0) is 15.2. The van der Waals surface area contributed by atoms with Gasteiger partial charge in [0.2, 0.25) is 5.95 Å². The molecular weight excluding hydrogens is 276 g/mol. The van der Waals surface area contributed by atoms with E-state index >= 15 is 0 Å². The van der Waals surface area contributed by atoms with Gasteiger partial charge in [0, 0.05) is 44.4 Å². The molecule has 0 aliphatic carbocycles. The largest absolute Gasteiger partial charge is 0.378 e. The lowest BCUT2D eigenvalue weighted by molar-refractivity contribution is 0.103. The molecule has 1 aliphatic heterocycles. The Morgan fingerprint density at radius 1 is 1.32 bits per heavy atom. The van der Waals surface area contributed by atoms with Gasteiger partial charge >= 0.3 is 0 Å². The Kier molecular flexibility index (Phi) is 4.96. The molecule has 0 unspecified atom stereocenters. The number of hydrogen-bond acceptors (Lipinski definition) is 5. The summed E-state index contributed by atoms with van der Waals surface area (Å²) in [6.07, 6.45) is 10.5. The van der Waals surface area contributed by atoms with Crippen molar-refractivity contribution >= 4 is 5.95 Å². The van der Waals surface area contributed by atoms with Gasteiger partial charge in [0.05, 0.1) is 11.8 Å². The Labute approximate surface area is 131 Å². The van der Waals surface area contributed by atoms with Crippen LogP contribution in [0.3, 0.4) is 0 Å². The van der Waals surface area contributed by atoms with E-state index in [2.05, 4.69) is 19.9 Å². The first-order chi connectivity index (χ1) is 10.8. The van der Waals surface area contributed by atoms with Gasteiger partial charge in [0.25, 0.3) is 0 Å². The second-order valence-electron chi connectivity index (χ2n) is 5.68. The van der Waals surface area contributed by atoms with E-state index in [1.807, 2.05) is 31.4 Å². The fraction of sp³-hybridized carbons (Fsp3) is 0.471. The predicted octanol–water partition coefficient (Wildman–Crippen LogP) is 2.93. The fourth-order valence-electron chi connectivity index (χ4n) is 2.74. The van der Waals surface area contributed by atoms with Gasteiger partial charge in [-0.3, -0.25) is 4.98 Å². The highest BCUT2D eigenvalue weighted by molar-refractivity contribution is 5.58. The van der Waals surface area contributed by atoms with Crippen LogP contribution in [0.1, 0.15) is 25.7 Å². The van der Waals surface area contributed by atoms with Crippen LogP contribution in [-0.2, 0) is 4.74 Å². The highest BCUT2D eigenvalue weighted by Gasteiger charge is 2.15. The molecule has 116 valence electrons. The Balaban J connectivity index is 1.59. The van der Waals surface area contributed by atoms with Crippen molar-refractivity contribution in [2.45, 2.75) is 31.8 Å². The first-order valence-corrected chi connectivity index (χ1v) is 7.89.